The standard InChI is InChI=1S/C10H14IN3O2/c11-8-9(12-6-13-10(8)16)14-4-2-1-3-7(14)5-15/h6-7,15H,1-5H2,(H,12,13,16). The van der Waals surface area contributed by atoms with Crippen LogP contribution in [-0.2, 0) is 0 Å². The Balaban J connectivity index is 2.34. The van der Waals surface area contributed by atoms with Gasteiger partial charge < -0.3 is 15.0 Å². The van der Waals surface area contributed by atoms with Crippen LogP contribution in [-0.4, -0.2) is 34.3 Å². The lowest BCUT2D eigenvalue weighted by atomic mass is 10.0. The van der Waals surface area contributed by atoms with E-state index in [2.05, 4.69) is 9.97 Å². The number of halogens is 1. The summed E-state index contributed by atoms with van der Waals surface area (Å²) < 4.78 is 0.598. The Bertz CT molecular complexity index is 421. The highest BCUT2D eigenvalue weighted by molar-refractivity contribution is 14.1. The van der Waals surface area contributed by atoms with Gasteiger partial charge in [-0.2, -0.15) is 0 Å². The van der Waals surface area contributed by atoms with Crippen LogP contribution in [0, 0.1) is 3.57 Å². The van der Waals surface area contributed by atoms with E-state index in [1.54, 1.807) is 0 Å². The van der Waals surface area contributed by atoms with Gasteiger partial charge in [-0.3, -0.25) is 4.79 Å². The van der Waals surface area contributed by atoms with Gasteiger partial charge in [-0.05, 0) is 41.9 Å². The quantitative estimate of drug-likeness (QED) is 0.782. The molecule has 1 atom stereocenters. The molecule has 0 amide bonds. The van der Waals surface area contributed by atoms with Gasteiger partial charge in [0, 0.05) is 6.54 Å². The number of aliphatic hydroxyl groups is 1. The first-order valence-corrected chi connectivity index (χ1v) is 6.42. The molecule has 2 heterocycles. The van der Waals surface area contributed by atoms with Crippen LogP contribution >= 0.6 is 22.6 Å². The Morgan fingerprint density at radius 3 is 3.19 bits per heavy atom. The third-order valence-corrected chi connectivity index (χ3v) is 3.86. The second-order valence-corrected chi connectivity index (χ2v) is 4.97. The van der Waals surface area contributed by atoms with Crippen LogP contribution in [0.5, 0.6) is 0 Å². The number of aromatic nitrogens is 2. The molecule has 0 aliphatic carbocycles. The molecule has 1 unspecified atom stereocenters. The highest BCUT2D eigenvalue weighted by Gasteiger charge is 2.25. The van der Waals surface area contributed by atoms with E-state index >= 15 is 0 Å². The molecule has 1 saturated heterocycles. The molecular formula is C10H14IN3O2. The zero-order valence-corrected chi connectivity index (χ0v) is 11.0. The normalized spacial score (nSPS) is 21.1. The van der Waals surface area contributed by atoms with Gasteiger partial charge in [0.2, 0.25) is 0 Å². The molecule has 1 aliphatic rings. The molecule has 1 aliphatic heterocycles. The van der Waals surface area contributed by atoms with E-state index in [4.69, 9.17) is 0 Å². The van der Waals surface area contributed by atoms with E-state index < -0.39 is 0 Å². The van der Waals surface area contributed by atoms with Gasteiger partial charge in [-0.15, -0.1) is 0 Å². The Hall–Kier alpha value is -0.630. The summed E-state index contributed by atoms with van der Waals surface area (Å²) >= 11 is 2.00. The average Bonchev–Trinajstić information content (AvgIpc) is 2.33. The first-order chi connectivity index (χ1) is 7.74. The lowest BCUT2D eigenvalue weighted by Gasteiger charge is -2.35. The highest BCUT2D eigenvalue weighted by Crippen LogP contribution is 2.24. The van der Waals surface area contributed by atoms with Gasteiger partial charge in [0.15, 0.2) is 0 Å². The van der Waals surface area contributed by atoms with Crippen LogP contribution in [0.4, 0.5) is 5.82 Å². The zero-order valence-electron chi connectivity index (χ0n) is 8.82. The summed E-state index contributed by atoms with van der Waals surface area (Å²) in [5.41, 5.74) is -0.118. The molecule has 0 bridgehead atoms. The van der Waals surface area contributed by atoms with Crippen molar-refractivity contribution in [2.45, 2.75) is 25.3 Å². The average molecular weight is 335 g/mol. The number of piperidine rings is 1. The van der Waals surface area contributed by atoms with Crippen molar-refractivity contribution >= 4 is 28.4 Å². The van der Waals surface area contributed by atoms with Gasteiger partial charge in [-0.25, -0.2) is 4.98 Å². The number of H-pyrrole nitrogens is 1. The number of anilines is 1. The molecule has 1 aromatic heterocycles. The highest BCUT2D eigenvalue weighted by atomic mass is 127. The maximum absolute atomic E-state index is 11.5. The number of hydrogen-bond acceptors (Lipinski definition) is 4. The summed E-state index contributed by atoms with van der Waals surface area (Å²) in [4.78, 5) is 20.3. The van der Waals surface area contributed by atoms with Gasteiger partial charge in [-0.1, -0.05) is 0 Å². The van der Waals surface area contributed by atoms with Crippen molar-refractivity contribution in [3.05, 3.63) is 20.3 Å². The molecule has 0 saturated carbocycles. The Labute approximate surface area is 107 Å². The largest absolute Gasteiger partial charge is 0.394 e. The SMILES string of the molecule is O=c1[nH]cnc(N2CCCCC2CO)c1I. The fourth-order valence-corrected chi connectivity index (χ4v) is 2.65. The predicted octanol–water partition coefficient (Wildman–Crippen LogP) is 0.726. The number of aromatic amines is 1. The van der Waals surface area contributed by atoms with Crippen molar-refractivity contribution in [3.8, 4) is 0 Å². The Kier molecular flexibility index (Phi) is 3.80. The third kappa shape index (κ3) is 2.22. The Morgan fingerprint density at radius 1 is 1.62 bits per heavy atom. The monoisotopic (exact) mass is 335 g/mol. The van der Waals surface area contributed by atoms with Crippen LogP contribution in [0.3, 0.4) is 0 Å². The summed E-state index contributed by atoms with van der Waals surface area (Å²) in [5, 5.41) is 9.33. The van der Waals surface area contributed by atoms with Crippen LogP contribution in [0.2, 0.25) is 0 Å². The lowest BCUT2D eigenvalue weighted by Crippen LogP contribution is -2.43. The van der Waals surface area contributed by atoms with Crippen molar-refractivity contribution in [1.29, 1.82) is 0 Å². The van der Waals surface area contributed by atoms with Crippen molar-refractivity contribution in [2.75, 3.05) is 18.1 Å². The van der Waals surface area contributed by atoms with Crippen molar-refractivity contribution in [1.82, 2.24) is 9.97 Å². The lowest BCUT2D eigenvalue weighted by molar-refractivity contribution is 0.239. The summed E-state index contributed by atoms with van der Waals surface area (Å²) in [5.74, 6) is 0.697. The van der Waals surface area contributed by atoms with Gasteiger partial charge in [0.1, 0.15) is 9.39 Å². The minimum Gasteiger partial charge on any atom is -0.394 e. The molecule has 0 spiro atoms. The molecule has 0 radical (unpaired) electrons. The van der Waals surface area contributed by atoms with Crippen LogP contribution in [0.15, 0.2) is 11.1 Å². The van der Waals surface area contributed by atoms with Crippen LogP contribution in [0.25, 0.3) is 0 Å². The van der Waals surface area contributed by atoms with E-state index in [9.17, 15) is 9.90 Å². The number of aliphatic hydroxyl groups excluding tert-OH is 1. The van der Waals surface area contributed by atoms with Gasteiger partial charge in [0.25, 0.3) is 5.56 Å². The van der Waals surface area contributed by atoms with Gasteiger partial charge >= 0.3 is 0 Å². The molecule has 16 heavy (non-hydrogen) atoms. The summed E-state index contributed by atoms with van der Waals surface area (Å²) in [6.07, 6.45) is 4.59. The molecule has 88 valence electrons. The predicted molar refractivity (Wildman–Crippen MR) is 69.6 cm³/mol. The van der Waals surface area contributed by atoms with E-state index in [-0.39, 0.29) is 18.2 Å². The molecule has 2 N–H and O–H groups in total. The van der Waals surface area contributed by atoms with E-state index in [1.165, 1.54) is 6.33 Å². The molecule has 5 nitrogen and oxygen atoms in total. The van der Waals surface area contributed by atoms with E-state index in [0.717, 1.165) is 25.8 Å². The summed E-state index contributed by atoms with van der Waals surface area (Å²) in [6.45, 7) is 0.974. The molecule has 1 fully saturated rings. The van der Waals surface area contributed by atoms with Crippen LogP contribution < -0.4 is 10.5 Å². The maximum atomic E-state index is 11.5. The molecule has 0 aromatic carbocycles. The summed E-state index contributed by atoms with van der Waals surface area (Å²) in [7, 11) is 0. The second-order valence-electron chi connectivity index (χ2n) is 3.89. The second kappa shape index (κ2) is 5.13. The molecule has 1 aromatic rings. The number of rotatable bonds is 2. The zero-order chi connectivity index (χ0) is 11.5. The van der Waals surface area contributed by atoms with Crippen molar-refractivity contribution in [2.24, 2.45) is 0 Å². The molecular weight excluding hydrogens is 321 g/mol. The minimum absolute atomic E-state index is 0.0940. The number of nitrogens with one attached hydrogen (secondary N) is 1. The summed E-state index contributed by atoms with van der Waals surface area (Å²) in [6, 6.07) is 0.0940. The van der Waals surface area contributed by atoms with Crippen molar-refractivity contribution < 1.29 is 5.11 Å². The van der Waals surface area contributed by atoms with Gasteiger partial charge in [0.05, 0.1) is 19.0 Å². The number of hydrogen-bond donors (Lipinski definition) is 2. The Morgan fingerprint density at radius 2 is 2.44 bits per heavy atom. The molecule has 6 heteroatoms. The van der Waals surface area contributed by atoms with Crippen LogP contribution in [0.1, 0.15) is 19.3 Å². The fourth-order valence-electron chi connectivity index (χ4n) is 2.04. The van der Waals surface area contributed by atoms with E-state index in [1.807, 2.05) is 27.5 Å². The maximum Gasteiger partial charge on any atom is 0.266 e. The minimum atomic E-state index is -0.118. The first-order valence-electron chi connectivity index (χ1n) is 5.34. The molecule has 2 rings (SSSR count). The fraction of sp³-hybridized carbons (Fsp3) is 0.600. The topological polar surface area (TPSA) is 69.2 Å². The van der Waals surface area contributed by atoms with Crippen molar-refractivity contribution in [3.63, 3.8) is 0 Å². The first kappa shape index (κ1) is 11.8. The van der Waals surface area contributed by atoms with E-state index in [0.29, 0.717) is 9.39 Å². The third-order valence-electron chi connectivity index (χ3n) is 2.89. The number of nitrogens with zero attached hydrogens (tertiary/aromatic N) is 2. The smallest absolute Gasteiger partial charge is 0.266 e.